The van der Waals surface area contributed by atoms with Gasteiger partial charge in [-0.25, -0.2) is 0 Å². The third-order valence-electron chi connectivity index (χ3n) is 2.53. The van der Waals surface area contributed by atoms with Crippen LogP contribution in [0.4, 0.5) is 5.69 Å². The van der Waals surface area contributed by atoms with Gasteiger partial charge in [0.15, 0.2) is 0 Å². The first-order chi connectivity index (χ1) is 8.25. The van der Waals surface area contributed by atoms with E-state index in [1.54, 1.807) is 12.1 Å². The first-order valence-corrected chi connectivity index (χ1v) is 6.31. The Kier molecular flexibility index (Phi) is 4.04. The van der Waals surface area contributed by atoms with Crippen LogP contribution in [-0.2, 0) is 6.42 Å². The van der Waals surface area contributed by atoms with Crippen molar-refractivity contribution in [1.29, 1.82) is 0 Å². The summed E-state index contributed by atoms with van der Waals surface area (Å²) in [6.07, 6.45) is 0.942. The molecule has 0 bridgehead atoms. The molecule has 2 N–H and O–H groups in total. The molecule has 3 heteroatoms. The molecule has 2 aromatic rings. The minimum absolute atomic E-state index is 0.288. The van der Waals surface area contributed by atoms with Crippen molar-refractivity contribution in [3.63, 3.8) is 0 Å². The number of anilines is 1. The van der Waals surface area contributed by atoms with E-state index in [1.165, 1.54) is 5.56 Å². The molecule has 0 amide bonds. The van der Waals surface area contributed by atoms with E-state index < -0.39 is 0 Å². The molecule has 0 saturated heterocycles. The highest BCUT2D eigenvalue weighted by Gasteiger charge is 1.98. The van der Waals surface area contributed by atoms with E-state index in [2.05, 4.69) is 27.3 Å². The van der Waals surface area contributed by atoms with Crippen LogP contribution in [0.25, 0.3) is 0 Å². The maximum absolute atomic E-state index is 9.33. The fourth-order valence-electron chi connectivity index (χ4n) is 1.66. The Bertz CT molecular complexity index is 499. The lowest BCUT2D eigenvalue weighted by Crippen LogP contribution is -2.04. The van der Waals surface area contributed by atoms with Crippen LogP contribution in [0.5, 0.6) is 5.75 Å². The van der Waals surface area contributed by atoms with E-state index in [0.29, 0.717) is 0 Å². The third-order valence-corrected chi connectivity index (χ3v) is 3.30. The van der Waals surface area contributed by atoms with Crippen LogP contribution in [0, 0.1) is 0 Å². The molecule has 0 aromatic heterocycles. The summed E-state index contributed by atoms with van der Waals surface area (Å²) >= 11 is 3.53. The fraction of sp³-hybridized carbons (Fsp3) is 0.143. The van der Waals surface area contributed by atoms with Gasteiger partial charge in [0.1, 0.15) is 5.75 Å². The number of phenolic OH excluding ortho intramolecular Hbond substituents is 1. The average molecular weight is 292 g/mol. The summed E-state index contributed by atoms with van der Waals surface area (Å²) in [7, 11) is 0. The third kappa shape index (κ3) is 3.49. The summed E-state index contributed by atoms with van der Waals surface area (Å²) in [6.45, 7) is 0.839. The standard InChI is InChI=1S/C14H14BrNO/c15-14-7-2-1-4-11(14)8-9-16-12-5-3-6-13(17)10-12/h1-7,10,16-17H,8-9H2. The molecule has 0 atom stereocenters. The van der Waals surface area contributed by atoms with Crippen molar-refractivity contribution in [2.24, 2.45) is 0 Å². The molecular formula is C14H14BrNO. The van der Waals surface area contributed by atoms with Gasteiger partial charge in [-0.2, -0.15) is 0 Å². The van der Waals surface area contributed by atoms with Crippen molar-refractivity contribution in [3.05, 3.63) is 58.6 Å². The predicted octanol–water partition coefficient (Wildman–Crippen LogP) is 3.81. The number of nitrogens with one attached hydrogen (secondary N) is 1. The SMILES string of the molecule is Oc1cccc(NCCc2ccccc2Br)c1. The van der Waals surface area contributed by atoms with Gasteiger partial charge >= 0.3 is 0 Å². The number of halogens is 1. The summed E-state index contributed by atoms with van der Waals surface area (Å²) in [5.74, 6) is 0.288. The van der Waals surface area contributed by atoms with Gasteiger partial charge in [0, 0.05) is 22.8 Å². The van der Waals surface area contributed by atoms with Gasteiger partial charge in [-0.1, -0.05) is 40.2 Å². The summed E-state index contributed by atoms with van der Waals surface area (Å²) in [6, 6.07) is 15.4. The van der Waals surface area contributed by atoms with Crippen molar-refractivity contribution < 1.29 is 5.11 Å². The average Bonchev–Trinajstić information content (AvgIpc) is 2.32. The molecule has 0 aliphatic heterocycles. The number of rotatable bonds is 4. The van der Waals surface area contributed by atoms with E-state index in [4.69, 9.17) is 0 Å². The lowest BCUT2D eigenvalue weighted by Gasteiger charge is -2.07. The molecule has 88 valence electrons. The number of aromatic hydroxyl groups is 1. The second-order valence-corrected chi connectivity index (χ2v) is 4.67. The molecule has 2 rings (SSSR count). The monoisotopic (exact) mass is 291 g/mol. The largest absolute Gasteiger partial charge is 0.508 e. The maximum Gasteiger partial charge on any atom is 0.117 e. The Morgan fingerprint density at radius 2 is 1.88 bits per heavy atom. The van der Waals surface area contributed by atoms with Crippen LogP contribution in [0.1, 0.15) is 5.56 Å². The van der Waals surface area contributed by atoms with E-state index in [1.807, 2.05) is 30.3 Å². The normalized spacial score (nSPS) is 10.2. The molecule has 2 aromatic carbocycles. The quantitative estimate of drug-likeness (QED) is 0.898. The molecule has 2 nitrogen and oxygen atoms in total. The van der Waals surface area contributed by atoms with Crippen LogP contribution in [-0.4, -0.2) is 11.7 Å². The summed E-state index contributed by atoms with van der Waals surface area (Å²) in [5.41, 5.74) is 2.22. The van der Waals surface area contributed by atoms with E-state index in [-0.39, 0.29) is 5.75 Å². The van der Waals surface area contributed by atoms with Gasteiger partial charge in [-0.3, -0.25) is 0 Å². The van der Waals surface area contributed by atoms with E-state index in [0.717, 1.165) is 23.1 Å². The van der Waals surface area contributed by atoms with E-state index >= 15 is 0 Å². The van der Waals surface area contributed by atoms with Crippen molar-refractivity contribution in [3.8, 4) is 5.75 Å². The topological polar surface area (TPSA) is 32.3 Å². The molecule has 0 heterocycles. The van der Waals surface area contributed by atoms with Crippen molar-refractivity contribution in [2.75, 3.05) is 11.9 Å². The smallest absolute Gasteiger partial charge is 0.117 e. The number of benzene rings is 2. The molecule has 0 fully saturated rings. The van der Waals surface area contributed by atoms with Crippen molar-refractivity contribution in [2.45, 2.75) is 6.42 Å². The molecule has 0 unspecified atom stereocenters. The van der Waals surface area contributed by atoms with Crippen LogP contribution in [0.3, 0.4) is 0 Å². The van der Waals surface area contributed by atoms with Crippen LogP contribution in [0.2, 0.25) is 0 Å². The Hall–Kier alpha value is -1.48. The zero-order chi connectivity index (χ0) is 12.1. The lowest BCUT2D eigenvalue weighted by molar-refractivity contribution is 0.475. The molecule has 0 aliphatic carbocycles. The van der Waals surface area contributed by atoms with Gasteiger partial charge in [-0.05, 0) is 30.2 Å². The molecule has 0 spiro atoms. The molecule has 0 aliphatic rings. The zero-order valence-electron chi connectivity index (χ0n) is 9.36. The summed E-state index contributed by atoms with van der Waals surface area (Å²) in [5, 5.41) is 12.6. The molecule has 0 saturated carbocycles. The van der Waals surface area contributed by atoms with Gasteiger partial charge in [0.25, 0.3) is 0 Å². The van der Waals surface area contributed by atoms with Crippen LogP contribution in [0.15, 0.2) is 53.0 Å². The first-order valence-electron chi connectivity index (χ1n) is 5.52. The molecule has 0 radical (unpaired) electrons. The highest BCUT2D eigenvalue weighted by atomic mass is 79.9. The molecular weight excluding hydrogens is 278 g/mol. The number of phenols is 1. The summed E-state index contributed by atoms with van der Waals surface area (Å²) < 4.78 is 1.14. The summed E-state index contributed by atoms with van der Waals surface area (Å²) in [4.78, 5) is 0. The van der Waals surface area contributed by atoms with E-state index in [9.17, 15) is 5.11 Å². The van der Waals surface area contributed by atoms with Crippen LogP contribution >= 0.6 is 15.9 Å². The minimum Gasteiger partial charge on any atom is -0.508 e. The fourth-order valence-corrected chi connectivity index (χ4v) is 2.14. The molecule has 17 heavy (non-hydrogen) atoms. The Balaban J connectivity index is 1.90. The van der Waals surface area contributed by atoms with Gasteiger partial charge < -0.3 is 10.4 Å². The Morgan fingerprint density at radius 3 is 2.65 bits per heavy atom. The van der Waals surface area contributed by atoms with Gasteiger partial charge in [-0.15, -0.1) is 0 Å². The predicted molar refractivity (Wildman–Crippen MR) is 74.4 cm³/mol. The van der Waals surface area contributed by atoms with Crippen LogP contribution < -0.4 is 5.32 Å². The number of hydrogen-bond acceptors (Lipinski definition) is 2. The lowest BCUT2D eigenvalue weighted by atomic mass is 10.1. The second-order valence-electron chi connectivity index (χ2n) is 3.82. The van der Waals surface area contributed by atoms with Crippen molar-refractivity contribution in [1.82, 2.24) is 0 Å². The van der Waals surface area contributed by atoms with Gasteiger partial charge in [0.2, 0.25) is 0 Å². The second kappa shape index (κ2) is 5.73. The van der Waals surface area contributed by atoms with Crippen molar-refractivity contribution >= 4 is 21.6 Å². The Labute approximate surface area is 109 Å². The highest BCUT2D eigenvalue weighted by molar-refractivity contribution is 9.10. The Morgan fingerprint density at radius 1 is 1.06 bits per heavy atom. The number of hydrogen-bond donors (Lipinski definition) is 2. The van der Waals surface area contributed by atoms with Gasteiger partial charge in [0.05, 0.1) is 0 Å². The first kappa shape index (κ1) is 12.0. The minimum atomic E-state index is 0.288. The highest BCUT2D eigenvalue weighted by Crippen LogP contribution is 2.18. The maximum atomic E-state index is 9.33. The zero-order valence-corrected chi connectivity index (χ0v) is 10.9.